The number of rotatable bonds is 46. The summed E-state index contributed by atoms with van der Waals surface area (Å²) in [5.41, 5.74) is 0. The highest BCUT2D eigenvalue weighted by Crippen LogP contribution is 2.22. The third-order valence-corrected chi connectivity index (χ3v) is 12.5. The van der Waals surface area contributed by atoms with E-state index in [0.717, 1.165) is 83.5 Å². The number of ether oxygens (including phenoxy) is 2. The van der Waals surface area contributed by atoms with Crippen LogP contribution in [0.2, 0.25) is 0 Å². The van der Waals surface area contributed by atoms with Crippen molar-refractivity contribution in [3.05, 3.63) is 134 Å². The van der Waals surface area contributed by atoms with Crippen LogP contribution in [-0.4, -0.2) is 87.5 Å². The smallest absolute Gasteiger partial charge is 0.220 e. The summed E-state index contributed by atoms with van der Waals surface area (Å²) in [4.78, 5) is 13.0. The van der Waals surface area contributed by atoms with Crippen LogP contribution in [0.5, 0.6) is 0 Å². The van der Waals surface area contributed by atoms with E-state index in [-0.39, 0.29) is 18.9 Å². The van der Waals surface area contributed by atoms with Crippen LogP contribution in [0.3, 0.4) is 0 Å². The topological polar surface area (TPSA) is 149 Å². The van der Waals surface area contributed by atoms with Gasteiger partial charge in [0.25, 0.3) is 0 Å². The molecule has 1 heterocycles. The number of nitrogens with one attached hydrogen (secondary N) is 1. The van der Waals surface area contributed by atoms with Crippen LogP contribution in [0.4, 0.5) is 0 Å². The fraction of sp³-hybridized carbons (Fsp3) is 0.635. The monoisotopic (exact) mass is 1000 g/mol. The van der Waals surface area contributed by atoms with Gasteiger partial charge in [-0.3, -0.25) is 4.79 Å². The molecule has 1 aliphatic rings. The van der Waals surface area contributed by atoms with Crippen molar-refractivity contribution in [2.45, 2.75) is 243 Å². The fourth-order valence-electron chi connectivity index (χ4n) is 8.00. The van der Waals surface area contributed by atoms with Gasteiger partial charge < -0.3 is 40.3 Å². The standard InChI is InChI=1S/C63H103NO8/c1-3-5-7-9-11-13-15-17-19-21-23-25-26-27-28-29-30-31-32-33-35-37-39-41-43-45-47-49-51-53-59(67)64-56(55-71-63-62(70)61(69)60(68)58(54-65)72-63)57(66)52-50-48-46-44-42-40-38-36-34-24-22-20-18-16-14-12-10-8-6-4-2/h5,7,11,13,17,19,23,25,27-28,30-31,33,35,39,41-42,44-45,47,50,52,56-58,60-63,65-66,68-70H,3-4,6,8-10,12,14-16,18,20-22,24,26,29,32,34,36-38,40,43,46,48-49,51,53-55H2,1-2H3,(H,64,67)/b7-5-,13-11-,19-17-,25-23-,28-27-,31-30-,35-33-,41-39-,44-42+,47-45-,52-50+. The van der Waals surface area contributed by atoms with E-state index in [9.17, 15) is 30.3 Å². The van der Waals surface area contributed by atoms with Crippen LogP contribution in [0.25, 0.3) is 0 Å². The first-order valence-electron chi connectivity index (χ1n) is 28.4. The van der Waals surface area contributed by atoms with Crippen LogP contribution in [0, 0.1) is 0 Å². The van der Waals surface area contributed by atoms with Gasteiger partial charge in [-0.15, -0.1) is 0 Å². The summed E-state index contributed by atoms with van der Waals surface area (Å²) in [7, 11) is 0. The molecule has 1 amide bonds. The molecular formula is C63H103NO8. The summed E-state index contributed by atoms with van der Waals surface area (Å²) >= 11 is 0. The Morgan fingerprint density at radius 2 is 0.875 bits per heavy atom. The predicted molar refractivity (Wildman–Crippen MR) is 303 cm³/mol. The molecule has 0 aromatic rings. The number of unbranched alkanes of at least 4 members (excludes halogenated alkanes) is 16. The molecular weight excluding hydrogens is 899 g/mol. The van der Waals surface area contributed by atoms with Crippen LogP contribution >= 0.6 is 0 Å². The van der Waals surface area contributed by atoms with Crippen molar-refractivity contribution in [3.8, 4) is 0 Å². The zero-order chi connectivity index (χ0) is 52.2. The van der Waals surface area contributed by atoms with Crippen LogP contribution in [-0.2, 0) is 14.3 Å². The number of hydrogen-bond acceptors (Lipinski definition) is 8. The normalized spacial score (nSPS) is 20.2. The number of allylic oxidation sites excluding steroid dienone is 21. The summed E-state index contributed by atoms with van der Waals surface area (Å²) in [5, 5.41) is 54.4. The Labute approximate surface area is 439 Å². The molecule has 9 nitrogen and oxygen atoms in total. The molecule has 7 atom stereocenters. The van der Waals surface area contributed by atoms with Gasteiger partial charge in [0, 0.05) is 6.42 Å². The SMILES string of the molecule is CC/C=C\C/C=C\C/C=C\C/C=C\C/C=C\C/C=C\C/C=C\C/C=C\C/C=C\CCCC(=O)NC(COC1OC(CO)C(O)C(O)C1O)C(O)/C=C/CC/C=C/CCCCCCCCCCCCCCCC. The molecule has 9 heteroatoms. The van der Waals surface area contributed by atoms with E-state index in [0.29, 0.717) is 6.42 Å². The van der Waals surface area contributed by atoms with Gasteiger partial charge in [0.1, 0.15) is 24.4 Å². The molecule has 0 radical (unpaired) electrons. The summed E-state index contributed by atoms with van der Waals surface area (Å²) in [5.74, 6) is -0.250. The van der Waals surface area contributed by atoms with Gasteiger partial charge in [-0.25, -0.2) is 0 Å². The molecule has 72 heavy (non-hydrogen) atoms. The van der Waals surface area contributed by atoms with E-state index in [1.165, 1.54) is 89.9 Å². The van der Waals surface area contributed by atoms with E-state index in [4.69, 9.17) is 9.47 Å². The Morgan fingerprint density at radius 3 is 1.33 bits per heavy atom. The van der Waals surface area contributed by atoms with Crippen molar-refractivity contribution >= 4 is 5.91 Å². The lowest BCUT2D eigenvalue weighted by atomic mass is 9.99. The van der Waals surface area contributed by atoms with E-state index in [2.05, 4.69) is 141 Å². The van der Waals surface area contributed by atoms with Crippen LogP contribution in [0.15, 0.2) is 134 Å². The van der Waals surface area contributed by atoms with Crippen molar-refractivity contribution in [3.63, 3.8) is 0 Å². The minimum absolute atomic E-state index is 0.233. The van der Waals surface area contributed by atoms with Gasteiger partial charge in [-0.2, -0.15) is 0 Å². The van der Waals surface area contributed by atoms with E-state index in [1.807, 2.05) is 6.08 Å². The molecule has 1 aliphatic heterocycles. The van der Waals surface area contributed by atoms with E-state index in [1.54, 1.807) is 6.08 Å². The Kier molecular flexibility index (Phi) is 46.9. The fourth-order valence-corrected chi connectivity index (χ4v) is 8.00. The Balaban J connectivity index is 2.34. The molecule has 1 fully saturated rings. The average Bonchev–Trinajstić information content (AvgIpc) is 3.38. The number of carbonyl (C=O) groups excluding carboxylic acids is 1. The van der Waals surface area contributed by atoms with Crippen molar-refractivity contribution in [2.24, 2.45) is 0 Å². The van der Waals surface area contributed by atoms with Crippen LogP contribution in [0.1, 0.15) is 200 Å². The van der Waals surface area contributed by atoms with Crippen molar-refractivity contribution < 1.29 is 39.8 Å². The maximum atomic E-state index is 13.0. The van der Waals surface area contributed by atoms with Crippen molar-refractivity contribution in [2.75, 3.05) is 13.2 Å². The Bertz CT molecular complexity index is 1580. The molecule has 0 bridgehead atoms. The largest absolute Gasteiger partial charge is 0.394 e. The summed E-state index contributed by atoms with van der Waals surface area (Å²) in [6.45, 7) is 3.61. The zero-order valence-electron chi connectivity index (χ0n) is 45.1. The van der Waals surface area contributed by atoms with Gasteiger partial charge in [0.2, 0.25) is 5.91 Å². The average molecular weight is 1000 g/mol. The molecule has 0 saturated carbocycles. The molecule has 1 saturated heterocycles. The third-order valence-electron chi connectivity index (χ3n) is 12.5. The van der Waals surface area contributed by atoms with Gasteiger partial charge in [-0.1, -0.05) is 231 Å². The minimum Gasteiger partial charge on any atom is -0.394 e. The first kappa shape index (κ1) is 66.3. The first-order valence-corrected chi connectivity index (χ1v) is 28.4. The highest BCUT2D eigenvalue weighted by molar-refractivity contribution is 5.76. The molecule has 7 unspecified atom stereocenters. The molecule has 408 valence electrons. The minimum atomic E-state index is -1.59. The van der Waals surface area contributed by atoms with Crippen molar-refractivity contribution in [1.29, 1.82) is 0 Å². The number of aliphatic hydroxyl groups excluding tert-OH is 5. The predicted octanol–water partition coefficient (Wildman–Crippen LogP) is 14.1. The van der Waals surface area contributed by atoms with Gasteiger partial charge >= 0.3 is 0 Å². The Hall–Kier alpha value is -3.67. The number of amides is 1. The summed E-state index contributed by atoms with van der Waals surface area (Å²) in [6, 6.07) is -0.864. The number of carbonyl (C=O) groups is 1. The highest BCUT2D eigenvalue weighted by Gasteiger charge is 2.44. The second-order valence-electron chi connectivity index (χ2n) is 19.0. The molecule has 6 N–H and O–H groups in total. The number of aliphatic hydroxyl groups is 5. The third kappa shape index (κ3) is 39.8. The highest BCUT2D eigenvalue weighted by atomic mass is 16.7. The second kappa shape index (κ2) is 50.8. The lowest BCUT2D eigenvalue weighted by Crippen LogP contribution is -2.60. The maximum Gasteiger partial charge on any atom is 0.220 e. The zero-order valence-corrected chi connectivity index (χ0v) is 45.1. The molecule has 0 aromatic carbocycles. The van der Waals surface area contributed by atoms with Gasteiger partial charge in [0.15, 0.2) is 6.29 Å². The first-order chi connectivity index (χ1) is 35.3. The molecule has 1 rings (SSSR count). The molecule has 0 aromatic heterocycles. The maximum absolute atomic E-state index is 13.0. The lowest BCUT2D eigenvalue weighted by molar-refractivity contribution is -0.302. The summed E-state index contributed by atoms with van der Waals surface area (Å²) < 4.78 is 11.2. The van der Waals surface area contributed by atoms with Crippen molar-refractivity contribution in [1.82, 2.24) is 5.32 Å². The lowest BCUT2D eigenvalue weighted by Gasteiger charge is -2.40. The Morgan fingerprint density at radius 1 is 0.486 bits per heavy atom. The molecule has 0 spiro atoms. The van der Waals surface area contributed by atoms with Gasteiger partial charge in [0.05, 0.1) is 25.4 Å². The van der Waals surface area contributed by atoms with E-state index < -0.39 is 49.5 Å². The van der Waals surface area contributed by atoms with Crippen LogP contribution < -0.4 is 5.32 Å². The van der Waals surface area contributed by atoms with E-state index >= 15 is 0 Å². The summed E-state index contributed by atoms with van der Waals surface area (Å²) in [6.07, 6.45) is 70.9. The number of hydrogen-bond donors (Lipinski definition) is 6. The second-order valence-corrected chi connectivity index (χ2v) is 19.0. The quantitative estimate of drug-likeness (QED) is 0.0261. The van der Waals surface area contributed by atoms with Gasteiger partial charge in [-0.05, 0) is 96.3 Å². The molecule has 0 aliphatic carbocycles.